The highest BCUT2D eigenvalue weighted by molar-refractivity contribution is 5.80. The Labute approximate surface area is 97.8 Å². The van der Waals surface area contributed by atoms with Crippen molar-refractivity contribution in [2.75, 3.05) is 0 Å². The molecular weight excluding hydrogens is 228 g/mol. The van der Waals surface area contributed by atoms with Gasteiger partial charge in [0.15, 0.2) is 0 Å². The van der Waals surface area contributed by atoms with Gasteiger partial charge in [-0.3, -0.25) is 4.79 Å². The van der Waals surface area contributed by atoms with Crippen molar-refractivity contribution in [1.82, 2.24) is 5.32 Å². The lowest BCUT2D eigenvalue weighted by Gasteiger charge is -2.11. The van der Waals surface area contributed by atoms with E-state index in [4.69, 9.17) is 0 Å². The van der Waals surface area contributed by atoms with E-state index in [-0.39, 0.29) is 24.1 Å². The number of hydrogen-bond donors (Lipinski definition) is 1. The van der Waals surface area contributed by atoms with Crippen molar-refractivity contribution < 1.29 is 18.3 Å². The van der Waals surface area contributed by atoms with Gasteiger partial charge < -0.3 is 10.1 Å². The molecule has 3 nitrogen and oxygen atoms in total. The quantitative estimate of drug-likeness (QED) is 0.859. The van der Waals surface area contributed by atoms with Crippen molar-refractivity contribution in [3.05, 3.63) is 29.8 Å². The van der Waals surface area contributed by atoms with Crippen LogP contribution in [0.5, 0.6) is 5.75 Å². The topological polar surface area (TPSA) is 38.3 Å². The smallest absolute Gasteiger partial charge is 0.387 e. The SMILES string of the molecule is O=C(NCc1ccccc1OC(F)F)C1CC1. The lowest BCUT2D eigenvalue weighted by atomic mass is 10.2. The van der Waals surface area contributed by atoms with Crippen LogP contribution in [0.4, 0.5) is 8.78 Å². The fourth-order valence-electron chi connectivity index (χ4n) is 1.53. The first-order valence-corrected chi connectivity index (χ1v) is 5.47. The Morgan fingerprint density at radius 2 is 2.12 bits per heavy atom. The van der Waals surface area contributed by atoms with Crippen LogP contribution in [0.15, 0.2) is 24.3 Å². The minimum Gasteiger partial charge on any atom is -0.434 e. The Hall–Kier alpha value is -1.65. The van der Waals surface area contributed by atoms with Crippen molar-refractivity contribution >= 4 is 5.91 Å². The number of hydrogen-bond acceptors (Lipinski definition) is 2. The molecule has 1 aromatic rings. The van der Waals surface area contributed by atoms with E-state index in [1.54, 1.807) is 18.2 Å². The number of ether oxygens (including phenoxy) is 1. The van der Waals surface area contributed by atoms with Crippen LogP contribution in [-0.2, 0) is 11.3 Å². The normalized spacial score (nSPS) is 14.8. The van der Waals surface area contributed by atoms with Crippen molar-refractivity contribution in [3.8, 4) is 5.75 Å². The molecular formula is C12H13F2NO2. The predicted octanol–water partition coefficient (Wildman–Crippen LogP) is 2.31. The molecule has 17 heavy (non-hydrogen) atoms. The molecule has 0 spiro atoms. The molecule has 0 aliphatic heterocycles. The van der Waals surface area contributed by atoms with E-state index in [9.17, 15) is 13.6 Å². The number of benzene rings is 1. The number of carbonyl (C=O) groups is 1. The first kappa shape index (κ1) is 11.8. The molecule has 1 N–H and O–H groups in total. The summed E-state index contributed by atoms with van der Waals surface area (Å²) in [6.45, 7) is -2.63. The molecule has 0 atom stereocenters. The minimum atomic E-state index is -2.85. The van der Waals surface area contributed by atoms with Crippen molar-refractivity contribution in [1.29, 1.82) is 0 Å². The molecule has 1 saturated carbocycles. The molecule has 92 valence electrons. The number of alkyl halides is 2. The van der Waals surface area contributed by atoms with E-state index in [1.165, 1.54) is 6.07 Å². The van der Waals surface area contributed by atoms with Gasteiger partial charge in [-0.25, -0.2) is 0 Å². The van der Waals surface area contributed by atoms with Crippen molar-refractivity contribution in [2.45, 2.75) is 26.0 Å². The lowest BCUT2D eigenvalue weighted by Crippen LogP contribution is -2.24. The monoisotopic (exact) mass is 241 g/mol. The van der Waals surface area contributed by atoms with Gasteiger partial charge in [0.25, 0.3) is 0 Å². The second-order valence-electron chi connectivity index (χ2n) is 3.98. The van der Waals surface area contributed by atoms with E-state index in [2.05, 4.69) is 10.1 Å². The van der Waals surface area contributed by atoms with Gasteiger partial charge in [0.2, 0.25) is 5.91 Å². The van der Waals surface area contributed by atoms with Crippen molar-refractivity contribution in [3.63, 3.8) is 0 Å². The second-order valence-corrected chi connectivity index (χ2v) is 3.98. The fourth-order valence-corrected chi connectivity index (χ4v) is 1.53. The third kappa shape index (κ3) is 3.41. The number of rotatable bonds is 5. The zero-order valence-electron chi connectivity index (χ0n) is 9.16. The van der Waals surface area contributed by atoms with Gasteiger partial charge in [-0.2, -0.15) is 8.78 Å². The van der Waals surface area contributed by atoms with E-state index >= 15 is 0 Å². The fraction of sp³-hybridized carbons (Fsp3) is 0.417. The van der Waals surface area contributed by atoms with Crippen LogP contribution in [0.3, 0.4) is 0 Å². The van der Waals surface area contributed by atoms with Gasteiger partial charge in [0, 0.05) is 18.0 Å². The van der Waals surface area contributed by atoms with Crippen LogP contribution in [0, 0.1) is 5.92 Å². The summed E-state index contributed by atoms with van der Waals surface area (Å²) in [4.78, 5) is 11.4. The van der Waals surface area contributed by atoms with Gasteiger partial charge in [0.1, 0.15) is 5.75 Å². The summed E-state index contributed by atoms with van der Waals surface area (Å²) in [5, 5.41) is 2.71. The molecule has 5 heteroatoms. The highest BCUT2D eigenvalue weighted by atomic mass is 19.3. The van der Waals surface area contributed by atoms with Crippen LogP contribution >= 0.6 is 0 Å². The summed E-state index contributed by atoms with van der Waals surface area (Å²) in [5.41, 5.74) is 0.557. The average molecular weight is 241 g/mol. The predicted molar refractivity (Wildman–Crippen MR) is 57.6 cm³/mol. The molecule has 1 aliphatic rings. The third-order valence-electron chi connectivity index (χ3n) is 2.59. The van der Waals surface area contributed by atoms with Crippen LogP contribution in [0.25, 0.3) is 0 Å². The Kier molecular flexibility index (Phi) is 3.56. The molecule has 0 bridgehead atoms. The lowest BCUT2D eigenvalue weighted by molar-refractivity contribution is -0.122. The largest absolute Gasteiger partial charge is 0.434 e. The Morgan fingerprint density at radius 3 is 2.76 bits per heavy atom. The summed E-state index contributed by atoms with van der Waals surface area (Å²) in [6, 6.07) is 6.45. The zero-order chi connectivity index (χ0) is 12.3. The molecule has 0 aromatic heterocycles. The van der Waals surface area contributed by atoms with Gasteiger partial charge in [-0.1, -0.05) is 18.2 Å². The molecule has 0 heterocycles. The van der Waals surface area contributed by atoms with Crippen LogP contribution in [0.2, 0.25) is 0 Å². The number of amides is 1. The molecule has 1 aliphatic carbocycles. The molecule has 1 aromatic carbocycles. The second kappa shape index (κ2) is 5.12. The summed E-state index contributed by atoms with van der Waals surface area (Å²) < 4.78 is 28.6. The minimum absolute atomic E-state index is 0.0168. The summed E-state index contributed by atoms with van der Waals surface area (Å²) in [7, 11) is 0. The third-order valence-corrected chi connectivity index (χ3v) is 2.59. The standard InChI is InChI=1S/C12H13F2NO2/c13-12(14)17-10-4-2-1-3-9(10)7-15-11(16)8-5-6-8/h1-4,8,12H,5-7H2,(H,15,16). The van der Waals surface area contributed by atoms with Gasteiger partial charge in [-0.05, 0) is 18.9 Å². The summed E-state index contributed by atoms with van der Waals surface area (Å²) >= 11 is 0. The zero-order valence-corrected chi connectivity index (χ0v) is 9.16. The van der Waals surface area contributed by atoms with E-state index in [0.29, 0.717) is 5.56 Å². The van der Waals surface area contributed by atoms with E-state index in [0.717, 1.165) is 12.8 Å². The summed E-state index contributed by atoms with van der Waals surface area (Å²) in [6.07, 6.45) is 1.84. The van der Waals surface area contributed by atoms with E-state index < -0.39 is 6.61 Å². The highest BCUT2D eigenvalue weighted by Gasteiger charge is 2.29. The van der Waals surface area contributed by atoms with Crippen LogP contribution in [0.1, 0.15) is 18.4 Å². The summed E-state index contributed by atoms with van der Waals surface area (Å²) in [5.74, 6) is 0.202. The number of halogens is 2. The molecule has 1 amide bonds. The molecule has 0 radical (unpaired) electrons. The van der Waals surface area contributed by atoms with Crippen LogP contribution in [-0.4, -0.2) is 12.5 Å². The van der Waals surface area contributed by atoms with E-state index in [1.807, 2.05) is 0 Å². The van der Waals surface area contributed by atoms with Gasteiger partial charge >= 0.3 is 6.61 Å². The Balaban J connectivity index is 1.96. The Bertz CT molecular complexity index is 405. The highest BCUT2D eigenvalue weighted by Crippen LogP contribution is 2.29. The number of carbonyl (C=O) groups excluding carboxylic acids is 1. The van der Waals surface area contributed by atoms with Crippen LogP contribution < -0.4 is 10.1 Å². The van der Waals surface area contributed by atoms with Crippen molar-refractivity contribution in [2.24, 2.45) is 5.92 Å². The maximum atomic E-state index is 12.1. The maximum absolute atomic E-state index is 12.1. The molecule has 2 rings (SSSR count). The molecule has 0 unspecified atom stereocenters. The van der Waals surface area contributed by atoms with Gasteiger partial charge in [-0.15, -0.1) is 0 Å². The molecule has 1 fully saturated rings. The maximum Gasteiger partial charge on any atom is 0.387 e. The molecule has 0 saturated heterocycles. The van der Waals surface area contributed by atoms with Gasteiger partial charge in [0.05, 0.1) is 0 Å². The number of nitrogens with one attached hydrogen (secondary N) is 1. The average Bonchev–Trinajstić information content (AvgIpc) is 3.10. The first-order chi connectivity index (χ1) is 8.16. The first-order valence-electron chi connectivity index (χ1n) is 5.47. The Morgan fingerprint density at radius 1 is 1.41 bits per heavy atom. The number of para-hydroxylation sites is 1.